The molecule has 2 aromatic heterocycles. The normalized spacial score (nSPS) is 10.5. The highest BCUT2D eigenvalue weighted by molar-refractivity contribution is 7.14. The zero-order valence-electron chi connectivity index (χ0n) is 8.69. The van der Waals surface area contributed by atoms with Gasteiger partial charge in [-0.25, -0.2) is 15.0 Å². The van der Waals surface area contributed by atoms with Crippen LogP contribution in [0.4, 0.5) is 0 Å². The first kappa shape index (κ1) is 10.2. The quantitative estimate of drug-likeness (QED) is 0.854. The average Bonchev–Trinajstić information content (AvgIpc) is 2.67. The van der Waals surface area contributed by atoms with Crippen LogP contribution in [0.2, 0.25) is 0 Å². The van der Waals surface area contributed by atoms with Crippen molar-refractivity contribution in [3.63, 3.8) is 0 Å². The Kier molecular flexibility index (Phi) is 3.03. The van der Waals surface area contributed by atoms with E-state index in [1.165, 1.54) is 4.88 Å². The molecule has 0 bridgehead atoms. The van der Waals surface area contributed by atoms with E-state index >= 15 is 0 Å². The molecule has 0 unspecified atom stereocenters. The summed E-state index contributed by atoms with van der Waals surface area (Å²) in [4.78, 5) is 13.9. The largest absolute Gasteiger partial charge is 0.315 e. The Morgan fingerprint density at radius 2 is 2.27 bits per heavy atom. The molecule has 0 saturated heterocycles. The van der Waals surface area contributed by atoms with Gasteiger partial charge in [0, 0.05) is 23.8 Å². The van der Waals surface area contributed by atoms with Crippen molar-refractivity contribution in [2.75, 3.05) is 7.05 Å². The molecule has 0 fully saturated rings. The second-order valence-corrected chi connectivity index (χ2v) is 4.27. The molecule has 4 nitrogen and oxygen atoms in total. The molecule has 0 aliphatic heterocycles. The van der Waals surface area contributed by atoms with Crippen molar-refractivity contribution in [1.29, 1.82) is 0 Å². The van der Waals surface area contributed by atoms with Crippen molar-refractivity contribution < 1.29 is 0 Å². The first-order valence-electron chi connectivity index (χ1n) is 4.69. The lowest BCUT2D eigenvalue weighted by Crippen LogP contribution is -2.02. The molecule has 0 radical (unpaired) electrons. The highest BCUT2D eigenvalue weighted by Gasteiger charge is 2.05. The Bertz CT molecular complexity index is 452. The summed E-state index contributed by atoms with van der Waals surface area (Å²) in [5, 5.41) is 4.05. The Morgan fingerprint density at radius 1 is 1.40 bits per heavy atom. The van der Waals surface area contributed by atoms with Crippen LogP contribution in [0.5, 0.6) is 0 Å². The number of rotatable bonds is 3. The van der Waals surface area contributed by atoms with Gasteiger partial charge >= 0.3 is 0 Å². The summed E-state index contributed by atoms with van der Waals surface area (Å²) < 4.78 is 0. The maximum Gasteiger partial charge on any atom is 0.142 e. The van der Waals surface area contributed by atoms with Gasteiger partial charge in [0.1, 0.15) is 16.5 Å². The summed E-state index contributed by atoms with van der Waals surface area (Å²) in [6, 6.07) is 1.88. The van der Waals surface area contributed by atoms with Crippen molar-refractivity contribution in [3.05, 3.63) is 29.2 Å². The zero-order chi connectivity index (χ0) is 10.7. The minimum atomic E-state index is 0.776. The summed E-state index contributed by atoms with van der Waals surface area (Å²) in [5.74, 6) is 0.776. The van der Waals surface area contributed by atoms with Crippen molar-refractivity contribution >= 4 is 11.3 Å². The van der Waals surface area contributed by atoms with E-state index in [-0.39, 0.29) is 0 Å². The van der Waals surface area contributed by atoms with Gasteiger partial charge in [-0.1, -0.05) is 0 Å². The molecule has 5 heteroatoms. The highest BCUT2D eigenvalue weighted by Crippen LogP contribution is 2.22. The summed E-state index contributed by atoms with van der Waals surface area (Å²) in [7, 11) is 1.92. The molecule has 2 rings (SSSR count). The van der Waals surface area contributed by atoms with Crippen LogP contribution in [-0.4, -0.2) is 22.0 Å². The molecule has 2 aromatic rings. The van der Waals surface area contributed by atoms with E-state index in [4.69, 9.17) is 0 Å². The van der Waals surface area contributed by atoms with Crippen molar-refractivity contribution in [3.8, 4) is 10.7 Å². The Hall–Kier alpha value is -1.33. The van der Waals surface area contributed by atoms with Crippen molar-refractivity contribution in [2.24, 2.45) is 0 Å². The van der Waals surface area contributed by atoms with Gasteiger partial charge in [0.25, 0.3) is 0 Å². The van der Waals surface area contributed by atoms with Crippen LogP contribution in [0.3, 0.4) is 0 Å². The van der Waals surface area contributed by atoms with Crippen LogP contribution in [0, 0.1) is 6.92 Å². The van der Waals surface area contributed by atoms with Crippen LogP contribution in [0.1, 0.15) is 10.7 Å². The van der Waals surface area contributed by atoms with Gasteiger partial charge in [-0.15, -0.1) is 11.3 Å². The van der Waals surface area contributed by atoms with E-state index in [0.29, 0.717) is 0 Å². The van der Waals surface area contributed by atoms with Gasteiger partial charge in [0.05, 0.1) is 0 Å². The van der Waals surface area contributed by atoms with Crippen LogP contribution >= 0.6 is 11.3 Å². The molecule has 0 spiro atoms. The Labute approximate surface area is 92.4 Å². The van der Waals surface area contributed by atoms with E-state index < -0.39 is 0 Å². The third-order valence-corrected chi connectivity index (χ3v) is 2.92. The fourth-order valence-corrected chi connectivity index (χ4v) is 2.15. The predicted octanol–water partition coefficient (Wildman–Crippen LogP) is 1.63. The van der Waals surface area contributed by atoms with Gasteiger partial charge in [-0.2, -0.15) is 0 Å². The number of aromatic nitrogens is 3. The van der Waals surface area contributed by atoms with Crippen molar-refractivity contribution in [2.45, 2.75) is 13.5 Å². The number of nitrogens with zero attached hydrogens (tertiary/aromatic N) is 3. The maximum atomic E-state index is 4.33. The number of nitrogens with one attached hydrogen (secondary N) is 1. The lowest BCUT2D eigenvalue weighted by molar-refractivity contribution is 0.829. The third kappa shape index (κ3) is 2.37. The molecule has 2 heterocycles. The van der Waals surface area contributed by atoms with E-state index in [9.17, 15) is 0 Å². The molecular formula is C10H12N4S. The predicted molar refractivity (Wildman–Crippen MR) is 60.6 cm³/mol. The fraction of sp³-hybridized carbons (Fsp3) is 0.300. The molecule has 0 atom stereocenters. The van der Waals surface area contributed by atoms with Crippen LogP contribution < -0.4 is 5.32 Å². The zero-order valence-corrected chi connectivity index (χ0v) is 9.51. The van der Waals surface area contributed by atoms with Gasteiger partial charge in [0.15, 0.2) is 0 Å². The highest BCUT2D eigenvalue weighted by atomic mass is 32.1. The summed E-state index contributed by atoms with van der Waals surface area (Å²) >= 11 is 1.66. The van der Waals surface area contributed by atoms with E-state index in [1.54, 1.807) is 17.5 Å². The Morgan fingerprint density at radius 3 is 3.00 bits per heavy atom. The molecule has 15 heavy (non-hydrogen) atoms. The summed E-state index contributed by atoms with van der Waals surface area (Å²) in [5.41, 5.74) is 0.898. The molecular weight excluding hydrogens is 208 g/mol. The number of hydrogen-bond acceptors (Lipinski definition) is 5. The van der Waals surface area contributed by atoms with Crippen LogP contribution in [-0.2, 0) is 6.54 Å². The average molecular weight is 220 g/mol. The Balaban J connectivity index is 2.29. The van der Waals surface area contributed by atoms with E-state index in [0.717, 1.165) is 23.1 Å². The van der Waals surface area contributed by atoms with E-state index in [2.05, 4.69) is 20.3 Å². The maximum absolute atomic E-state index is 4.33. The molecule has 0 aromatic carbocycles. The van der Waals surface area contributed by atoms with Crippen LogP contribution in [0.25, 0.3) is 10.7 Å². The molecule has 0 aliphatic rings. The van der Waals surface area contributed by atoms with Gasteiger partial charge in [-0.3, -0.25) is 0 Å². The monoisotopic (exact) mass is 220 g/mol. The lowest BCUT2D eigenvalue weighted by atomic mass is 10.4. The van der Waals surface area contributed by atoms with Crippen molar-refractivity contribution in [1.82, 2.24) is 20.3 Å². The molecule has 0 amide bonds. The first-order valence-corrected chi connectivity index (χ1v) is 5.50. The minimum Gasteiger partial charge on any atom is -0.315 e. The fourth-order valence-electron chi connectivity index (χ4n) is 1.26. The first-order chi connectivity index (χ1) is 7.29. The smallest absolute Gasteiger partial charge is 0.142 e. The minimum absolute atomic E-state index is 0.776. The summed E-state index contributed by atoms with van der Waals surface area (Å²) in [6.45, 7) is 2.73. The topological polar surface area (TPSA) is 50.7 Å². The number of hydrogen-bond donors (Lipinski definition) is 1. The molecule has 0 saturated carbocycles. The van der Waals surface area contributed by atoms with Crippen LogP contribution in [0.15, 0.2) is 18.5 Å². The molecule has 1 N–H and O–H groups in total. The lowest BCUT2D eigenvalue weighted by Gasteiger charge is -1.95. The molecule has 0 aliphatic carbocycles. The number of aryl methyl sites for hydroxylation is 1. The molecule has 78 valence electrons. The summed E-state index contributed by atoms with van der Waals surface area (Å²) in [6.07, 6.45) is 3.64. The SMILES string of the molecule is CNCc1cnc(-c2ccnc(C)n2)s1. The third-order valence-electron chi connectivity index (χ3n) is 1.90. The van der Waals surface area contributed by atoms with Gasteiger partial charge < -0.3 is 5.32 Å². The standard InChI is InChI=1S/C10H12N4S/c1-7-12-4-3-9(14-7)10-13-6-8(15-10)5-11-2/h3-4,6,11H,5H2,1-2H3. The second kappa shape index (κ2) is 4.46. The van der Waals surface area contributed by atoms with Gasteiger partial charge in [-0.05, 0) is 20.0 Å². The second-order valence-electron chi connectivity index (χ2n) is 3.15. The van der Waals surface area contributed by atoms with E-state index in [1.807, 2.05) is 26.2 Å². The number of thiazole rings is 1. The van der Waals surface area contributed by atoms with Gasteiger partial charge in [0.2, 0.25) is 0 Å².